The van der Waals surface area contributed by atoms with Crippen molar-refractivity contribution in [1.82, 2.24) is 25.0 Å². The molecule has 2 aliphatic heterocycles. The highest BCUT2D eigenvalue weighted by molar-refractivity contribution is 9.10. The summed E-state index contributed by atoms with van der Waals surface area (Å²) in [7, 11) is 0. The summed E-state index contributed by atoms with van der Waals surface area (Å²) in [6.07, 6.45) is 20.2. The van der Waals surface area contributed by atoms with Crippen LogP contribution >= 0.6 is 15.9 Å². The second-order valence-electron chi connectivity index (χ2n) is 9.89. The van der Waals surface area contributed by atoms with E-state index in [1.54, 1.807) is 6.20 Å². The molecule has 6 nitrogen and oxygen atoms in total. The average molecular weight is 525 g/mol. The summed E-state index contributed by atoms with van der Waals surface area (Å²) in [5, 5.41) is 8.21. The summed E-state index contributed by atoms with van der Waals surface area (Å²) in [5.41, 5.74) is 3.57. The minimum atomic E-state index is 0.361. The molecule has 180 valence electrons. The second-order valence-corrected chi connectivity index (χ2v) is 10.7. The van der Waals surface area contributed by atoms with Crippen LogP contribution in [0.25, 0.3) is 5.82 Å². The van der Waals surface area contributed by atoms with Gasteiger partial charge >= 0.3 is 0 Å². The van der Waals surface area contributed by atoms with Crippen LogP contribution in [0.2, 0.25) is 0 Å². The standard InChI is InChI=1S/C27H34BrN5O/c28-24-18-31-33-25(24)11-10-22(15-26(33)30-17-21-8-4-12-29-16-21)23-9-5-13-32(19-23)27(34)14-20-6-2-1-3-7-20/h4,8,10,12,15-16,18,20,23,30H,1-3,5-7,9,11,13-14,17,19H2. The number of hydrogen-bond donors (Lipinski definition) is 1. The Labute approximate surface area is 210 Å². The third-order valence-electron chi connectivity index (χ3n) is 7.51. The van der Waals surface area contributed by atoms with E-state index in [2.05, 4.69) is 54.4 Å². The van der Waals surface area contributed by atoms with Crippen LogP contribution in [-0.2, 0) is 17.8 Å². The van der Waals surface area contributed by atoms with Gasteiger partial charge in [0.25, 0.3) is 0 Å². The summed E-state index contributed by atoms with van der Waals surface area (Å²) in [6.45, 7) is 2.41. The fourth-order valence-electron chi connectivity index (χ4n) is 5.59. The first-order valence-electron chi connectivity index (χ1n) is 12.7. The molecule has 0 radical (unpaired) electrons. The molecule has 0 bridgehead atoms. The lowest BCUT2D eigenvalue weighted by Gasteiger charge is -2.35. The molecule has 1 aliphatic carbocycles. The molecule has 1 unspecified atom stereocenters. The normalized spacial score (nSPS) is 21.3. The number of carbonyl (C=O) groups excluding carboxylic acids is 1. The Morgan fingerprint density at radius 3 is 2.85 bits per heavy atom. The van der Waals surface area contributed by atoms with Gasteiger partial charge < -0.3 is 10.2 Å². The number of carbonyl (C=O) groups is 1. The molecular formula is C27H34BrN5O. The van der Waals surface area contributed by atoms with Crippen molar-refractivity contribution >= 4 is 27.7 Å². The number of hydrogen-bond acceptors (Lipinski definition) is 4. The van der Waals surface area contributed by atoms with Crippen LogP contribution in [0.5, 0.6) is 0 Å². The summed E-state index contributed by atoms with van der Waals surface area (Å²) >= 11 is 3.67. The van der Waals surface area contributed by atoms with E-state index in [-0.39, 0.29) is 0 Å². The van der Waals surface area contributed by atoms with Crippen molar-refractivity contribution in [3.05, 3.63) is 64.2 Å². The molecule has 2 fully saturated rings. The Balaban J connectivity index is 1.31. The highest BCUT2D eigenvalue weighted by Crippen LogP contribution is 2.32. The maximum atomic E-state index is 13.1. The number of allylic oxidation sites excluding steroid dienone is 2. The maximum absolute atomic E-state index is 13.1. The number of pyridine rings is 1. The minimum absolute atomic E-state index is 0.361. The van der Waals surface area contributed by atoms with E-state index < -0.39 is 0 Å². The van der Waals surface area contributed by atoms with Crippen LogP contribution in [-0.4, -0.2) is 38.7 Å². The predicted molar refractivity (Wildman–Crippen MR) is 138 cm³/mol. The lowest BCUT2D eigenvalue weighted by molar-refractivity contribution is -0.134. The molecule has 1 N–H and O–H groups in total. The van der Waals surface area contributed by atoms with Crippen LogP contribution in [0.4, 0.5) is 0 Å². The van der Waals surface area contributed by atoms with Crippen molar-refractivity contribution in [2.45, 2.75) is 64.3 Å². The molecule has 1 saturated heterocycles. The number of halogens is 1. The predicted octanol–water partition coefficient (Wildman–Crippen LogP) is 5.32. The molecule has 4 heterocycles. The number of rotatable bonds is 6. The van der Waals surface area contributed by atoms with E-state index >= 15 is 0 Å². The Morgan fingerprint density at radius 1 is 1.15 bits per heavy atom. The molecule has 7 heteroatoms. The van der Waals surface area contributed by atoms with Crippen molar-refractivity contribution in [2.24, 2.45) is 11.8 Å². The summed E-state index contributed by atoms with van der Waals surface area (Å²) in [4.78, 5) is 19.5. The molecule has 3 aliphatic rings. The number of fused-ring (bicyclic) bond motifs is 1. The van der Waals surface area contributed by atoms with Crippen molar-refractivity contribution in [3.63, 3.8) is 0 Å². The Hall–Kier alpha value is -2.41. The van der Waals surface area contributed by atoms with Crippen LogP contribution in [0.3, 0.4) is 0 Å². The van der Waals surface area contributed by atoms with E-state index in [1.165, 1.54) is 37.7 Å². The summed E-state index contributed by atoms with van der Waals surface area (Å²) in [6, 6.07) is 4.03. The Kier molecular flexibility index (Phi) is 7.48. The lowest BCUT2D eigenvalue weighted by atomic mass is 9.85. The Morgan fingerprint density at radius 2 is 2.03 bits per heavy atom. The number of likely N-dealkylation sites (tertiary alicyclic amines) is 1. The molecule has 0 spiro atoms. The zero-order valence-electron chi connectivity index (χ0n) is 19.8. The zero-order chi connectivity index (χ0) is 23.3. The molecule has 1 amide bonds. The molecule has 1 saturated carbocycles. The SMILES string of the molecule is O=C(CC1CCCCC1)N1CCCC(C2=CCc3c(Br)cnn3C(NCc3cccnc3)=C2)C1. The molecule has 2 aromatic rings. The van der Waals surface area contributed by atoms with Gasteiger partial charge in [-0.3, -0.25) is 9.78 Å². The van der Waals surface area contributed by atoms with Crippen LogP contribution < -0.4 is 5.32 Å². The van der Waals surface area contributed by atoms with Gasteiger partial charge in [0.15, 0.2) is 0 Å². The van der Waals surface area contributed by atoms with E-state index in [9.17, 15) is 4.79 Å². The quantitative estimate of drug-likeness (QED) is 0.556. The Bertz CT molecular complexity index is 1050. The van der Waals surface area contributed by atoms with Crippen molar-refractivity contribution in [3.8, 4) is 0 Å². The summed E-state index contributed by atoms with van der Waals surface area (Å²) in [5.74, 6) is 2.29. The van der Waals surface area contributed by atoms with Gasteiger partial charge in [-0.1, -0.05) is 31.4 Å². The smallest absolute Gasteiger partial charge is 0.222 e. The van der Waals surface area contributed by atoms with Gasteiger partial charge in [0.05, 0.1) is 16.4 Å². The van der Waals surface area contributed by atoms with Gasteiger partial charge in [-0.25, -0.2) is 4.68 Å². The van der Waals surface area contributed by atoms with Gasteiger partial charge in [0.1, 0.15) is 5.82 Å². The third kappa shape index (κ3) is 5.45. The molecule has 2 aromatic heterocycles. The first-order chi connectivity index (χ1) is 16.7. The van der Waals surface area contributed by atoms with Crippen molar-refractivity contribution < 1.29 is 4.79 Å². The number of nitrogens with one attached hydrogen (secondary N) is 1. The third-order valence-corrected chi connectivity index (χ3v) is 8.17. The molecule has 5 rings (SSSR count). The van der Waals surface area contributed by atoms with Crippen LogP contribution in [0.15, 0.2) is 52.9 Å². The second kappa shape index (κ2) is 10.9. The summed E-state index contributed by atoms with van der Waals surface area (Å²) < 4.78 is 3.02. The highest BCUT2D eigenvalue weighted by atomic mass is 79.9. The molecular weight excluding hydrogens is 490 g/mol. The first-order valence-corrected chi connectivity index (χ1v) is 13.5. The molecule has 0 aromatic carbocycles. The number of aromatic nitrogens is 3. The average Bonchev–Trinajstić information content (AvgIpc) is 3.14. The molecule has 34 heavy (non-hydrogen) atoms. The van der Waals surface area contributed by atoms with E-state index in [4.69, 9.17) is 0 Å². The number of amides is 1. The van der Waals surface area contributed by atoms with Crippen molar-refractivity contribution in [1.29, 1.82) is 0 Å². The van der Waals surface area contributed by atoms with Crippen molar-refractivity contribution in [2.75, 3.05) is 13.1 Å². The monoisotopic (exact) mass is 523 g/mol. The van der Waals surface area contributed by atoms with Gasteiger partial charge in [0.2, 0.25) is 5.91 Å². The van der Waals surface area contributed by atoms with Crippen LogP contribution in [0.1, 0.15) is 62.6 Å². The fraction of sp³-hybridized carbons (Fsp3) is 0.519. The van der Waals surface area contributed by atoms with Gasteiger partial charge in [-0.05, 0) is 70.8 Å². The zero-order valence-corrected chi connectivity index (χ0v) is 21.3. The fourth-order valence-corrected chi connectivity index (χ4v) is 6.01. The van der Waals surface area contributed by atoms with Gasteiger partial charge in [-0.15, -0.1) is 0 Å². The van der Waals surface area contributed by atoms with E-state index in [0.29, 0.717) is 24.3 Å². The van der Waals surface area contributed by atoms with Gasteiger partial charge in [0, 0.05) is 50.8 Å². The highest BCUT2D eigenvalue weighted by Gasteiger charge is 2.28. The molecule has 1 atom stereocenters. The topological polar surface area (TPSA) is 63.1 Å². The van der Waals surface area contributed by atoms with E-state index in [0.717, 1.165) is 60.3 Å². The van der Waals surface area contributed by atoms with Crippen LogP contribution in [0, 0.1) is 11.8 Å². The van der Waals surface area contributed by atoms with E-state index in [1.807, 2.05) is 23.1 Å². The minimum Gasteiger partial charge on any atom is -0.366 e. The number of nitrogens with zero attached hydrogens (tertiary/aromatic N) is 4. The lowest BCUT2D eigenvalue weighted by Crippen LogP contribution is -2.41. The van der Waals surface area contributed by atoms with Gasteiger partial charge in [-0.2, -0.15) is 5.10 Å². The largest absolute Gasteiger partial charge is 0.366 e. The first kappa shape index (κ1) is 23.3. The number of piperidine rings is 1. The maximum Gasteiger partial charge on any atom is 0.222 e.